The Labute approximate surface area is 405 Å². The molecule has 0 atom stereocenters. The maximum atomic E-state index is 6.22. The van der Waals surface area contributed by atoms with Crippen LogP contribution in [-0.2, 0) is 27.9 Å². The molecule has 11 rings (SSSR count). The number of hydrogen-bond donors (Lipinski definition) is 0. The molecule has 0 spiro atoms. The summed E-state index contributed by atoms with van der Waals surface area (Å²) in [5, 5.41) is 4.82. The first-order chi connectivity index (χ1) is 32.0. The van der Waals surface area contributed by atoms with E-state index in [1.165, 1.54) is 0 Å². The van der Waals surface area contributed by atoms with Crippen LogP contribution in [0.1, 0.15) is 83.1 Å². The van der Waals surface area contributed by atoms with Crippen LogP contribution in [0.3, 0.4) is 0 Å². The van der Waals surface area contributed by atoms with Crippen LogP contribution in [0, 0.1) is 0 Å². The summed E-state index contributed by atoms with van der Waals surface area (Å²) < 4.78 is 37.0. The van der Waals surface area contributed by atoms with Gasteiger partial charge in [0.15, 0.2) is 0 Å². The summed E-state index contributed by atoms with van der Waals surface area (Å²) in [4.78, 5) is 18.1. The van der Waals surface area contributed by atoms with Gasteiger partial charge >= 0.3 is 21.4 Å². The van der Waals surface area contributed by atoms with Crippen molar-refractivity contribution in [3.63, 3.8) is 0 Å². The zero-order chi connectivity index (χ0) is 48.4. The number of hydrogen-bond acceptors (Lipinski definition) is 10. The Kier molecular flexibility index (Phi) is 12.4. The fraction of sp³-hybridized carbons (Fsp3) is 0.333. The van der Waals surface area contributed by atoms with Crippen molar-refractivity contribution in [2.75, 3.05) is 0 Å². The summed E-state index contributed by atoms with van der Waals surface area (Å²) in [5.74, 6) is 0. The molecule has 0 bridgehead atoms. The van der Waals surface area contributed by atoms with E-state index in [-0.39, 0.29) is 55.0 Å². The van der Waals surface area contributed by atoms with Crippen LogP contribution in [0.4, 0.5) is 0 Å². The molecule has 3 aliphatic rings. The van der Waals surface area contributed by atoms with E-state index in [0.717, 1.165) is 71.3 Å². The number of nitrogens with zero attached hydrogens (tertiary/aromatic N) is 4. The SMILES string of the molecule is CC1(C)OB(c2cccc(-c3ccc4ccc5cccnc5c4n3)c2)OC1(C)C.CC1(C)OB(c2cccc(B3OC(C)(C)C(C)(C)O3)c2)OC1(C)C.Clc1ccc2ccc3cccnc3c2n1. The topological polar surface area (TPSA) is 107 Å². The summed E-state index contributed by atoms with van der Waals surface area (Å²) in [6.45, 7) is 24.8. The van der Waals surface area contributed by atoms with Gasteiger partial charge in [0.2, 0.25) is 0 Å². The largest absolute Gasteiger partial charge is 0.494 e. The van der Waals surface area contributed by atoms with Crippen LogP contribution < -0.4 is 16.4 Å². The molecule has 3 saturated heterocycles. The van der Waals surface area contributed by atoms with Gasteiger partial charge in [0, 0.05) is 33.9 Å². The molecule has 7 heterocycles. The lowest BCUT2D eigenvalue weighted by atomic mass is 9.72. The summed E-state index contributed by atoms with van der Waals surface area (Å²) in [6.07, 6.45) is 3.58. The van der Waals surface area contributed by atoms with Crippen molar-refractivity contribution in [1.29, 1.82) is 0 Å². The molecule has 10 nitrogen and oxygen atoms in total. The van der Waals surface area contributed by atoms with E-state index in [2.05, 4.69) is 147 Å². The van der Waals surface area contributed by atoms with Gasteiger partial charge in [0.1, 0.15) is 5.15 Å². The molecule has 0 N–H and O–H groups in total. The van der Waals surface area contributed by atoms with E-state index in [1.807, 2.05) is 72.9 Å². The van der Waals surface area contributed by atoms with Crippen LogP contribution in [-0.4, -0.2) is 74.9 Å². The van der Waals surface area contributed by atoms with Crippen molar-refractivity contribution >= 4 is 93.0 Å². The minimum atomic E-state index is -0.386. The average Bonchev–Trinajstić information content (AvgIpc) is 3.78. The zero-order valence-electron chi connectivity index (χ0n) is 41.1. The molecule has 68 heavy (non-hydrogen) atoms. The third-order valence-electron chi connectivity index (χ3n) is 14.5. The second-order valence-corrected chi connectivity index (χ2v) is 21.2. The Morgan fingerprint density at radius 3 is 1.16 bits per heavy atom. The number of aromatic nitrogens is 4. The molecule has 3 aliphatic heterocycles. The fourth-order valence-corrected chi connectivity index (χ4v) is 8.37. The molecule has 8 aromatic rings. The van der Waals surface area contributed by atoms with Crippen LogP contribution in [0.25, 0.3) is 54.9 Å². The van der Waals surface area contributed by atoms with Crippen molar-refractivity contribution in [2.24, 2.45) is 0 Å². The van der Waals surface area contributed by atoms with E-state index in [1.54, 1.807) is 12.3 Å². The van der Waals surface area contributed by atoms with Crippen molar-refractivity contribution in [3.8, 4) is 11.3 Å². The van der Waals surface area contributed by atoms with Crippen LogP contribution in [0.5, 0.6) is 0 Å². The summed E-state index contributed by atoms with van der Waals surface area (Å²) in [6, 6.07) is 40.5. The van der Waals surface area contributed by atoms with Crippen molar-refractivity contribution in [1.82, 2.24) is 19.9 Å². The van der Waals surface area contributed by atoms with Crippen molar-refractivity contribution < 1.29 is 27.9 Å². The zero-order valence-corrected chi connectivity index (χ0v) is 41.8. The molecule has 0 saturated carbocycles. The molecule has 4 aromatic heterocycles. The minimum absolute atomic E-state index is 0.349. The third kappa shape index (κ3) is 9.18. The predicted molar refractivity (Wildman–Crippen MR) is 278 cm³/mol. The number of rotatable bonds is 4. The van der Waals surface area contributed by atoms with Gasteiger partial charge < -0.3 is 27.9 Å². The molecule has 0 radical (unpaired) electrons. The summed E-state index contributed by atoms with van der Waals surface area (Å²) in [5.41, 5.74) is 6.40. The second-order valence-electron chi connectivity index (χ2n) is 20.8. The smallest absolute Gasteiger partial charge is 0.399 e. The first-order valence-corrected chi connectivity index (χ1v) is 23.6. The van der Waals surface area contributed by atoms with Gasteiger partial charge in [0.05, 0.1) is 61.4 Å². The lowest BCUT2D eigenvalue weighted by Gasteiger charge is -2.32. The van der Waals surface area contributed by atoms with E-state index in [9.17, 15) is 0 Å². The molecule has 346 valence electrons. The monoisotopic (exact) mass is 926 g/mol. The Hall–Kier alpha value is -5.24. The van der Waals surface area contributed by atoms with Gasteiger partial charge in [-0.15, -0.1) is 0 Å². The first kappa shape index (κ1) is 47.8. The normalized spacial score (nSPS) is 19.5. The Morgan fingerprint density at radius 1 is 0.368 bits per heavy atom. The second kappa shape index (κ2) is 17.6. The van der Waals surface area contributed by atoms with Crippen molar-refractivity contribution in [3.05, 3.63) is 139 Å². The maximum absolute atomic E-state index is 6.22. The Morgan fingerprint density at radius 2 is 0.721 bits per heavy atom. The lowest BCUT2D eigenvalue weighted by Crippen LogP contribution is -2.41. The highest BCUT2D eigenvalue weighted by Gasteiger charge is 2.54. The highest BCUT2D eigenvalue weighted by molar-refractivity contribution is 6.66. The van der Waals surface area contributed by atoms with Gasteiger partial charge in [-0.3, -0.25) is 9.97 Å². The highest BCUT2D eigenvalue weighted by atomic mass is 35.5. The predicted octanol–water partition coefficient (Wildman–Crippen LogP) is 10.5. The molecule has 3 fully saturated rings. The molecule has 14 heteroatoms. The van der Waals surface area contributed by atoms with Gasteiger partial charge in [-0.2, -0.15) is 0 Å². The average molecular weight is 927 g/mol. The van der Waals surface area contributed by atoms with Crippen molar-refractivity contribution in [2.45, 2.75) is 117 Å². The maximum Gasteiger partial charge on any atom is 0.494 e. The standard InChI is InChI=1S/C24H23BN2O2.C18H28B2O4.C12H7ClN2/c1-23(2)24(3,4)29-25(28-23)19-9-5-7-18(15-19)20-13-12-17-11-10-16-8-6-14-26-21(16)22(17)27-20;1-15(2)16(3,4)22-19(21-15)13-10-9-11-14(12-13)20-23-17(5,6)18(7,8)24-20;13-10-6-5-9-4-3-8-2-1-7-14-11(8)12(9)15-10/h5-15H,1-4H3;9-12H,1-8H3;1-7H. The van der Waals surface area contributed by atoms with Gasteiger partial charge in [-0.05, 0) is 135 Å². The van der Waals surface area contributed by atoms with E-state index < -0.39 is 0 Å². The molecular formula is C54H58B3ClN4O6. The molecular weight excluding hydrogens is 869 g/mol. The number of fused-ring (bicyclic) bond motifs is 6. The Balaban J connectivity index is 0.000000134. The third-order valence-corrected chi connectivity index (χ3v) is 14.7. The molecule has 0 unspecified atom stereocenters. The van der Waals surface area contributed by atoms with Gasteiger partial charge in [0.25, 0.3) is 0 Å². The summed E-state index contributed by atoms with van der Waals surface area (Å²) >= 11 is 5.88. The highest BCUT2D eigenvalue weighted by Crippen LogP contribution is 2.39. The molecule has 4 aromatic carbocycles. The molecule has 0 amide bonds. The van der Waals surface area contributed by atoms with Crippen LogP contribution >= 0.6 is 11.6 Å². The van der Waals surface area contributed by atoms with Gasteiger partial charge in [-0.25, -0.2) is 9.97 Å². The summed E-state index contributed by atoms with van der Waals surface area (Å²) in [7, 11) is -1.14. The Bertz CT molecular complexity index is 3080. The number of pyridine rings is 4. The van der Waals surface area contributed by atoms with Crippen LogP contribution in [0.2, 0.25) is 5.15 Å². The van der Waals surface area contributed by atoms with E-state index in [4.69, 9.17) is 44.5 Å². The molecule has 0 aliphatic carbocycles. The van der Waals surface area contributed by atoms with Crippen LogP contribution in [0.15, 0.2) is 134 Å². The number of benzene rings is 4. The minimum Gasteiger partial charge on any atom is -0.399 e. The fourth-order valence-electron chi connectivity index (χ4n) is 8.22. The van der Waals surface area contributed by atoms with E-state index >= 15 is 0 Å². The number of halogens is 1. The quantitative estimate of drug-likeness (QED) is 0.0962. The van der Waals surface area contributed by atoms with E-state index in [0.29, 0.717) is 5.15 Å². The van der Waals surface area contributed by atoms with Gasteiger partial charge in [-0.1, -0.05) is 103 Å². The lowest BCUT2D eigenvalue weighted by molar-refractivity contribution is 0.00578. The first-order valence-electron chi connectivity index (χ1n) is 23.2.